The molecule has 0 spiro atoms. The molecule has 0 saturated carbocycles. The molecule has 0 bridgehead atoms. The number of pyridine rings is 1. The zero-order valence-corrected chi connectivity index (χ0v) is 20.7. The summed E-state index contributed by atoms with van der Waals surface area (Å²) in [4.78, 5) is 0. The van der Waals surface area contributed by atoms with Gasteiger partial charge in [0.05, 0.1) is 0 Å². The highest BCUT2D eigenvalue weighted by molar-refractivity contribution is 5.80. The van der Waals surface area contributed by atoms with Crippen LogP contribution in [-0.4, -0.2) is 0 Å². The van der Waals surface area contributed by atoms with Crippen LogP contribution in [-0.2, 0) is 7.05 Å². The lowest BCUT2D eigenvalue weighted by Gasteiger charge is -2.16. The fourth-order valence-corrected chi connectivity index (χ4v) is 5.22. The van der Waals surface area contributed by atoms with Crippen molar-refractivity contribution in [2.24, 2.45) is 7.05 Å². The molecule has 0 aliphatic heterocycles. The van der Waals surface area contributed by atoms with Crippen LogP contribution in [0.2, 0.25) is 0 Å². The number of aromatic nitrogens is 1. The molecule has 0 N–H and O–H groups in total. The zero-order valence-electron chi connectivity index (χ0n) is 20.7. The van der Waals surface area contributed by atoms with Crippen LogP contribution in [0.3, 0.4) is 0 Å². The molecule has 162 valence electrons. The number of nitrogens with zero attached hydrogens (tertiary/aromatic N) is 1. The quantitative estimate of drug-likeness (QED) is 0.299. The number of benzene rings is 3. The Labute approximate surface area is 193 Å². The number of hydrogen-bond acceptors (Lipinski definition) is 0. The number of hydrogen-bond donors (Lipinski definition) is 0. The minimum atomic E-state index is 1.25. The Hall–Kier alpha value is -3.19. The molecule has 0 atom stereocenters. The molecule has 0 aliphatic carbocycles. The fourth-order valence-electron chi connectivity index (χ4n) is 5.22. The van der Waals surface area contributed by atoms with E-state index in [0.717, 1.165) is 0 Å². The monoisotopic (exact) mass is 420 g/mol. The molecule has 1 aromatic heterocycles. The minimum absolute atomic E-state index is 1.25. The van der Waals surface area contributed by atoms with E-state index in [2.05, 4.69) is 121 Å². The van der Waals surface area contributed by atoms with E-state index in [1.54, 1.807) is 0 Å². The Morgan fingerprint density at radius 1 is 0.500 bits per heavy atom. The molecule has 0 aliphatic rings. The Morgan fingerprint density at radius 3 is 1.78 bits per heavy atom. The van der Waals surface area contributed by atoms with Gasteiger partial charge in [-0.05, 0) is 105 Å². The van der Waals surface area contributed by atoms with Gasteiger partial charge >= 0.3 is 0 Å². The molecular formula is C31H34N+. The second kappa shape index (κ2) is 8.39. The lowest BCUT2D eigenvalue weighted by molar-refractivity contribution is -0.660. The highest BCUT2D eigenvalue weighted by Crippen LogP contribution is 2.36. The zero-order chi connectivity index (χ0) is 23.2. The Balaban J connectivity index is 1.97. The van der Waals surface area contributed by atoms with Gasteiger partial charge in [-0.2, -0.15) is 0 Å². The summed E-state index contributed by atoms with van der Waals surface area (Å²) in [5.41, 5.74) is 17.1. The van der Waals surface area contributed by atoms with Crippen molar-refractivity contribution in [1.82, 2.24) is 0 Å². The SMILES string of the molecule is Cc1cc(C)c(-c2cc(-c3cc(-c4ccccc4C)c(C)cc3C)[n+](C)cc2C)c(C)c1. The van der Waals surface area contributed by atoms with Crippen LogP contribution in [0, 0.1) is 48.5 Å². The van der Waals surface area contributed by atoms with Crippen molar-refractivity contribution < 1.29 is 4.57 Å². The molecule has 0 radical (unpaired) electrons. The van der Waals surface area contributed by atoms with Crippen molar-refractivity contribution in [2.75, 3.05) is 0 Å². The smallest absolute Gasteiger partial charge is 0.201 e. The van der Waals surface area contributed by atoms with Crippen LogP contribution in [0.1, 0.15) is 38.9 Å². The molecule has 1 heteroatoms. The topological polar surface area (TPSA) is 3.88 Å². The van der Waals surface area contributed by atoms with Gasteiger partial charge in [-0.3, -0.25) is 0 Å². The molecule has 0 amide bonds. The first-order valence-corrected chi connectivity index (χ1v) is 11.4. The third-order valence-corrected chi connectivity index (χ3v) is 6.70. The third kappa shape index (κ3) is 3.88. The van der Waals surface area contributed by atoms with Crippen molar-refractivity contribution >= 4 is 0 Å². The van der Waals surface area contributed by atoms with Gasteiger partial charge in [0.2, 0.25) is 5.69 Å². The van der Waals surface area contributed by atoms with Crippen molar-refractivity contribution in [2.45, 2.75) is 48.5 Å². The van der Waals surface area contributed by atoms with E-state index in [-0.39, 0.29) is 0 Å². The lowest BCUT2D eigenvalue weighted by atomic mass is 9.88. The fraction of sp³-hybridized carbons (Fsp3) is 0.258. The predicted octanol–water partition coefficient (Wildman–Crippen LogP) is 7.67. The van der Waals surface area contributed by atoms with E-state index in [1.807, 2.05) is 0 Å². The van der Waals surface area contributed by atoms with E-state index in [9.17, 15) is 0 Å². The van der Waals surface area contributed by atoms with Crippen molar-refractivity contribution in [1.29, 1.82) is 0 Å². The van der Waals surface area contributed by atoms with E-state index >= 15 is 0 Å². The normalized spacial score (nSPS) is 11.1. The summed E-state index contributed by atoms with van der Waals surface area (Å²) in [5.74, 6) is 0. The first kappa shape index (κ1) is 22.0. The molecule has 1 heterocycles. The number of aryl methyl sites for hydroxylation is 8. The van der Waals surface area contributed by atoms with E-state index in [1.165, 1.54) is 72.5 Å². The van der Waals surface area contributed by atoms with Gasteiger partial charge in [0.25, 0.3) is 0 Å². The summed E-state index contributed by atoms with van der Waals surface area (Å²) >= 11 is 0. The minimum Gasteiger partial charge on any atom is -0.201 e. The molecule has 3 aromatic carbocycles. The van der Waals surface area contributed by atoms with Gasteiger partial charge in [0, 0.05) is 17.2 Å². The highest BCUT2D eigenvalue weighted by atomic mass is 14.9. The Morgan fingerprint density at radius 2 is 1.12 bits per heavy atom. The second-order valence-corrected chi connectivity index (χ2v) is 9.44. The van der Waals surface area contributed by atoms with Gasteiger partial charge in [-0.1, -0.05) is 48.0 Å². The Kier molecular flexibility index (Phi) is 5.77. The first-order valence-electron chi connectivity index (χ1n) is 11.4. The molecule has 4 aromatic rings. The molecule has 32 heavy (non-hydrogen) atoms. The maximum Gasteiger partial charge on any atom is 0.213 e. The van der Waals surface area contributed by atoms with Crippen LogP contribution in [0.25, 0.3) is 33.5 Å². The maximum absolute atomic E-state index is 2.39. The number of rotatable bonds is 3. The van der Waals surface area contributed by atoms with Crippen molar-refractivity contribution in [3.63, 3.8) is 0 Å². The summed E-state index contributed by atoms with van der Waals surface area (Å²) in [6.07, 6.45) is 2.27. The van der Waals surface area contributed by atoms with Gasteiger partial charge in [-0.15, -0.1) is 0 Å². The van der Waals surface area contributed by atoms with Crippen molar-refractivity contribution in [3.05, 3.63) is 99.7 Å². The highest BCUT2D eigenvalue weighted by Gasteiger charge is 2.20. The average molecular weight is 421 g/mol. The van der Waals surface area contributed by atoms with Crippen LogP contribution < -0.4 is 4.57 Å². The molecule has 0 unspecified atom stereocenters. The lowest BCUT2D eigenvalue weighted by Crippen LogP contribution is -2.31. The van der Waals surface area contributed by atoms with Crippen LogP contribution in [0.15, 0.2) is 60.8 Å². The summed E-state index contributed by atoms with van der Waals surface area (Å²) in [5, 5.41) is 0. The maximum atomic E-state index is 2.39. The van der Waals surface area contributed by atoms with E-state index in [0.29, 0.717) is 0 Å². The molecule has 4 rings (SSSR count). The molecule has 1 nitrogen and oxygen atoms in total. The average Bonchev–Trinajstić information content (AvgIpc) is 2.70. The summed E-state index contributed by atoms with van der Waals surface area (Å²) in [6, 6.07) is 20.4. The van der Waals surface area contributed by atoms with Crippen LogP contribution >= 0.6 is 0 Å². The van der Waals surface area contributed by atoms with E-state index < -0.39 is 0 Å². The standard InChI is InChI=1S/C31H34N/c1-19-13-23(5)31(24(6)14-19)29-17-30(32(8)18-25(29)7)28-16-27(21(3)15-22(28)4)26-12-10-9-11-20(26)2/h9-18H,1-8H3/q+1. The van der Waals surface area contributed by atoms with E-state index in [4.69, 9.17) is 0 Å². The first-order chi connectivity index (χ1) is 15.2. The van der Waals surface area contributed by atoms with Gasteiger partial charge in [0.1, 0.15) is 7.05 Å². The van der Waals surface area contributed by atoms with Gasteiger partial charge in [0.15, 0.2) is 6.20 Å². The summed E-state index contributed by atoms with van der Waals surface area (Å²) in [7, 11) is 2.16. The molecular weight excluding hydrogens is 386 g/mol. The molecule has 0 fully saturated rings. The third-order valence-electron chi connectivity index (χ3n) is 6.70. The van der Waals surface area contributed by atoms with Crippen LogP contribution in [0.5, 0.6) is 0 Å². The summed E-state index contributed by atoms with van der Waals surface area (Å²) < 4.78 is 2.27. The largest absolute Gasteiger partial charge is 0.213 e. The predicted molar refractivity (Wildman–Crippen MR) is 137 cm³/mol. The second-order valence-electron chi connectivity index (χ2n) is 9.44. The molecule has 0 saturated heterocycles. The van der Waals surface area contributed by atoms with Crippen LogP contribution in [0.4, 0.5) is 0 Å². The van der Waals surface area contributed by atoms with Gasteiger partial charge < -0.3 is 0 Å². The van der Waals surface area contributed by atoms with Crippen molar-refractivity contribution in [3.8, 4) is 33.5 Å². The summed E-state index contributed by atoms with van der Waals surface area (Å²) in [6.45, 7) is 15.5. The van der Waals surface area contributed by atoms with Gasteiger partial charge in [-0.25, -0.2) is 4.57 Å². The Bertz CT molecular complexity index is 1320.